The number of aromatic amines is 1. The van der Waals surface area contributed by atoms with Gasteiger partial charge in [-0.05, 0) is 31.2 Å². The van der Waals surface area contributed by atoms with Gasteiger partial charge in [-0.15, -0.1) is 11.3 Å². The number of carbonyl (C=O) groups is 1. The van der Waals surface area contributed by atoms with Crippen molar-refractivity contribution in [3.05, 3.63) is 27.4 Å². The number of aryl methyl sites for hydroxylation is 2. The highest BCUT2D eigenvalue weighted by atomic mass is 32.1. The lowest BCUT2D eigenvalue weighted by atomic mass is 10.1. The molecule has 0 spiro atoms. The van der Waals surface area contributed by atoms with Gasteiger partial charge in [0.25, 0.3) is 5.91 Å². The molecule has 1 aliphatic rings. The predicted octanol–water partition coefficient (Wildman–Crippen LogP) is 2.23. The van der Waals surface area contributed by atoms with Gasteiger partial charge in [0.1, 0.15) is 11.1 Å². The normalized spacial score (nSPS) is 13.0. The van der Waals surface area contributed by atoms with E-state index in [2.05, 4.69) is 21.6 Å². The highest BCUT2D eigenvalue weighted by molar-refractivity contribution is 7.16. The summed E-state index contributed by atoms with van der Waals surface area (Å²) in [4.78, 5) is 13.5. The van der Waals surface area contributed by atoms with E-state index in [-0.39, 0.29) is 11.6 Å². The molecule has 0 saturated carbocycles. The van der Waals surface area contributed by atoms with E-state index in [9.17, 15) is 10.1 Å². The topological polar surface area (TPSA) is 108 Å². The molecular formula is C14H15N5OS. The van der Waals surface area contributed by atoms with Gasteiger partial charge in [0.2, 0.25) is 0 Å². The Hall–Kier alpha value is -2.33. The van der Waals surface area contributed by atoms with Gasteiger partial charge in [0.05, 0.1) is 16.9 Å². The van der Waals surface area contributed by atoms with Crippen LogP contribution in [0.1, 0.15) is 45.5 Å². The number of nitriles is 1. The van der Waals surface area contributed by atoms with Crippen LogP contribution < -0.4 is 11.1 Å². The summed E-state index contributed by atoms with van der Waals surface area (Å²) >= 11 is 1.48. The maximum Gasteiger partial charge on any atom is 0.278 e. The lowest BCUT2D eigenvalue weighted by molar-refractivity contribution is 0.102. The quantitative estimate of drug-likeness (QED) is 0.807. The minimum atomic E-state index is -0.375. The smallest absolute Gasteiger partial charge is 0.278 e. The zero-order valence-corrected chi connectivity index (χ0v) is 12.4. The Labute approximate surface area is 126 Å². The van der Waals surface area contributed by atoms with E-state index in [0.29, 0.717) is 22.7 Å². The summed E-state index contributed by atoms with van der Waals surface area (Å²) in [5.41, 5.74) is 8.87. The standard InChI is InChI=1S/C14H15N5OS/c1-2-9-11(16)12(19-18-9)13(20)17-14-8(6-15)7-4-3-5-10(7)21-14/h2-5,16H2,1H3,(H,17,20)(H,18,19). The molecule has 4 N–H and O–H groups in total. The van der Waals surface area contributed by atoms with Crippen molar-refractivity contribution in [2.75, 3.05) is 11.1 Å². The molecule has 0 aliphatic heterocycles. The van der Waals surface area contributed by atoms with Gasteiger partial charge in [0.15, 0.2) is 5.69 Å². The fourth-order valence-corrected chi connectivity index (χ4v) is 3.84. The fourth-order valence-electron chi connectivity index (χ4n) is 2.60. The van der Waals surface area contributed by atoms with Crippen LogP contribution in [0.25, 0.3) is 0 Å². The van der Waals surface area contributed by atoms with Gasteiger partial charge in [-0.3, -0.25) is 9.89 Å². The van der Waals surface area contributed by atoms with Crippen molar-refractivity contribution in [3.63, 3.8) is 0 Å². The second-order valence-corrected chi connectivity index (χ2v) is 6.05. The molecule has 2 aromatic heterocycles. The number of anilines is 2. The van der Waals surface area contributed by atoms with Gasteiger partial charge in [0, 0.05) is 4.88 Å². The van der Waals surface area contributed by atoms with Crippen LogP contribution in [-0.2, 0) is 19.3 Å². The Kier molecular flexibility index (Phi) is 3.39. The van der Waals surface area contributed by atoms with Crippen LogP contribution in [0.5, 0.6) is 0 Å². The van der Waals surface area contributed by atoms with E-state index < -0.39 is 0 Å². The van der Waals surface area contributed by atoms with Gasteiger partial charge in [-0.1, -0.05) is 6.92 Å². The van der Waals surface area contributed by atoms with Crippen LogP contribution in [0.3, 0.4) is 0 Å². The number of H-pyrrole nitrogens is 1. The van der Waals surface area contributed by atoms with Crippen LogP contribution in [0.15, 0.2) is 0 Å². The number of thiophene rings is 1. The number of rotatable bonds is 3. The molecule has 0 atom stereocenters. The number of hydrogen-bond donors (Lipinski definition) is 3. The summed E-state index contributed by atoms with van der Waals surface area (Å²) in [7, 11) is 0. The third kappa shape index (κ3) is 2.17. The van der Waals surface area contributed by atoms with Gasteiger partial charge in [-0.25, -0.2) is 0 Å². The molecular weight excluding hydrogens is 286 g/mol. The maximum atomic E-state index is 12.3. The van der Waals surface area contributed by atoms with Crippen molar-refractivity contribution < 1.29 is 4.79 Å². The van der Waals surface area contributed by atoms with Crippen molar-refractivity contribution in [2.45, 2.75) is 32.6 Å². The number of hydrogen-bond acceptors (Lipinski definition) is 5. The molecule has 108 valence electrons. The molecule has 6 nitrogen and oxygen atoms in total. The van der Waals surface area contributed by atoms with Crippen molar-refractivity contribution in [1.29, 1.82) is 5.26 Å². The third-order valence-electron chi connectivity index (χ3n) is 3.71. The van der Waals surface area contributed by atoms with Crippen molar-refractivity contribution in [1.82, 2.24) is 10.2 Å². The molecule has 0 bridgehead atoms. The minimum absolute atomic E-state index is 0.185. The van der Waals surface area contributed by atoms with Crippen LogP contribution >= 0.6 is 11.3 Å². The SMILES string of the molecule is CCc1[nH]nc(C(=O)Nc2sc3c(c2C#N)CCC3)c1N. The summed E-state index contributed by atoms with van der Waals surface area (Å²) in [6.07, 6.45) is 3.66. The summed E-state index contributed by atoms with van der Waals surface area (Å²) in [5, 5.41) is 19.4. The lowest BCUT2D eigenvalue weighted by Gasteiger charge is -2.02. The maximum absolute atomic E-state index is 12.3. The molecule has 2 aromatic rings. The minimum Gasteiger partial charge on any atom is -0.395 e. The molecule has 7 heteroatoms. The van der Waals surface area contributed by atoms with Crippen LogP contribution in [0.4, 0.5) is 10.7 Å². The molecule has 3 rings (SSSR count). The third-order valence-corrected chi connectivity index (χ3v) is 4.92. The largest absolute Gasteiger partial charge is 0.395 e. The monoisotopic (exact) mass is 301 g/mol. The predicted molar refractivity (Wildman–Crippen MR) is 81.4 cm³/mol. The Morgan fingerprint density at radius 2 is 2.38 bits per heavy atom. The number of nitrogens with zero attached hydrogens (tertiary/aromatic N) is 2. The number of nitrogens with one attached hydrogen (secondary N) is 2. The molecule has 2 heterocycles. The van der Waals surface area contributed by atoms with Crippen LogP contribution in [0, 0.1) is 11.3 Å². The molecule has 0 fully saturated rings. The molecule has 0 aromatic carbocycles. The number of nitrogens with two attached hydrogens (primary N) is 1. The number of nitrogen functional groups attached to an aromatic ring is 1. The summed E-state index contributed by atoms with van der Waals surface area (Å²) in [6.45, 7) is 1.93. The van der Waals surface area contributed by atoms with Gasteiger partial charge < -0.3 is 11.1 Å². The zero-order valence-electron chi connectivity index (χ0n) is 11.6. The number of carbonyl (C=O) groups excluding carboxylic acids is 1. The molecule has 0 unspecified atom stereocenters. The second-order valence-electron chi connectivity index (χ2n) is 4.95. The van der Waals surface area contributed by atoms with Crippen molar-refractivity contribution in [2.24, 2.45) is 0 Å². The summed E-state index contributed by atoms with van der Waals surface area (Å²) < 4.78 is 0. The van der Waals surface area contributed by atoms with Crippen molar-refractivity contribution >= 4 is 27.9 Å². The summed E-state index contributed by atoms with van der Waals surface area (Å²) in [5.74, 6) is -0.375. The first-order chi connectivity index (χ1) is 10.2. The average Bonchev–Trinajstić information content (AvgIpc) is 3.12. The van der Waals surface area contributed by atoms with E-state index in [1.54, 1.807) is 0 Å². The molecule has 21 heavy (non-hydrogen) atoms. The van der Waals surface area contributed by atoms with Crippen LogP contribution in [-0.4, -0.2) is 16.1 Å². The molecule has 0 radical (unpaired) electrons. The Morgan fingerprint density at radius 1 is 1.57 bits per heavy atom. The highest BCUT2D eigenvalue weighted by Crippen LogP contribution is 2.38. The number of amides is 1. The molecule has 1 aliphatic carbocycles. The van der Waals surface area contributed by atoms with E-state index in [1.165, 1.54) is 16.2 Å². The van der Waals surface area contributed by atoms with E-state index in [4.69, 9.17) is 5.73 Å². The fraction of sp³-hybridized carbons (Fsp3) is 0.357. The second kappa shape index (κ2) is 5.22. The van der Waals surface area contributed by atoms with Crippen LogP contribution in [0.2, 0.25) is 0 Å². The molecule has 0 saturated heterocycles. The average molecular weight is 301 g/mol. The van der Waals surface area contributed by atoms with E-state index >= 15 is 0 Å². The highest BCUT2D eigenvalue weighted by Gasteiger charge is 2.24. The van der Waals surface area contributed by atoms with Gasteiger partial charge >= 0.3 is 0 Å². The lowest BCUT2D eigenvalue weighted by Crippen LogP contribution is -2.14. The first kappa shape index (κ1) is 13.6. The molecule has 1 amide bonds. The zero-order chi connectivity index (χ0) is 15.0. The first-order valence-electron chi connectivity index (χ1n) is 6.84. The summed E-state index contributed by atoms with van der Waals surface area (Å²) in [6, 6.07) is 2.20. The van der Waals surface area contributed by atoms with E-state index in [0.717, 1.165) is 30.5 Å². The number of fused-ring (bicyclic) bond motifs is 1. The van der Waals surface area contributed by atoms with Crippen molar-refractivity contribution in [3.8, 4) is 6.07 Å². The number of aromatic nitrogens is 2. The first-order valence-corrected chi connectivity index (χ1v) is 7.66. The Morgan fingerprint density at radius 3 is 3.05 bits per heavy atom. The van der Waals surface area contributed by atoms with E-state index in [1.807, 2.05) is 6.92 Å². The Balaban J connectivity index is 1.89. The Bertz CT molecular complexity index is 752. The van der Waals surface area contributed by atoms with Gasteiger partial charge in [-0.2, -0.15) is 10.4 Å².